The summed E-state index contributed by atoms with van der Waals surface area (Å²) < 4.78 is 3.15. The number of anilines is 2. The summed E-state index contributed by atoms with van der Waals surface area (Å²) in [6.07, 6.45) is 8.31. The van der Waals surface area contributed by atoms with Crippen LogP contribution in [0.1, 0.15) is 49.4 Å². The number of para-hydroxylation sites is 1. The topological polar surface area (TPSA) is 55.6 Å². The Bertz CT molecular complexity index is 1030. The van der Waals surface area contributed by atoms with Crippen molar-refractivity contribution < 1.29 is 0 Å². The third-order valence-electron chi connectivity index (χ3n) is 5.37. The summed E-state index contributed by atoms with van der Waals surface area (Å²) in [4.78, 5) is 9.19. The van der Waals surface area contributed by atoms with Crippen LogP contribution in [0.4, 0.5) is 10.8 Å². The molecule has 0 radical (unpaired) electrons. The van der Waals surface area contributed by atoms with Gasteiger partial charge in [0.15, 0.2) is 11.0 Å². The Morgan fingerprint density at radius 1 is 1.00 bits per heavy atom. The van der Waals surface area contributed by atoms with E-state index in [0.717, 1.165) is 28.7 Å². The summed E-state index contributed by atoms with van der Waals surface area (Å²) in [5.41, 5.74) is 3.30. The minimum absolute atomic E-state index is 0.551. The van der Waals surface area contributed by atoms with Crippen LogP contribution < -0.4 is 5.32 Å². The molecule has 1 N–H and O–H groups in total. The lowest BCUT2D eigenvalue weighted by Crippen LogP contribution is -2.08. The maximum atomic E-state index is 4.73. The largest absolute Gasteiger partial charge is 0.332 e. The van der Waals surface area contributed by atoms with Crippen LogP contribution >= 0.6 is 11.3 Å². The molecule has 0 amide bonds. The van der Waals surface area contributed by atoms with Gasteiger partial charge in [-0.25, -0.2) is 14.6 Å². The highest BCUT2D eigenvalue weighted by Gasteiger charge is 2.19. The van der Waals surface area contributed by atoms with Gasteiger partial charge >= 0.3 is 0 Å². The van der Waals surface area contributed by atoms with Crippen LogP contribution in [-0.4, -0.2) is 19.7 Å². The third-order valence-corrected chi connectivity index (χ3v) is 6.32. The van der Waals surface area contributed by atoms with Crippen molar-refractivity contribution in [1.29, 1.82) is 0 Å². The molecule has 0 aliphatic heterocycles. The van der Waals surface area contributed by atoms with Crippen LogP contribution in [0, 0.1) is 0 Å². The average Bonchev–Trinajstić information content (AvgIpc) is 3.36. The minimum Gasteiger partial charge on any atom is -0.332 e. The average molecular weight is 390 g/mol. The molecule has 6 heteroatoms. The van der Waals surface area contributed by atoms with Gasteiger partial charge in [-0.3, -0.25) is 0 Å². The van der Waals surface area contributed by atoms with Crippen molar-refractivity contribution in [3.05, 3.63) is 66.2 Å². The number of nitrogens with zero attached hydrogens (tertiary/aromatic N) is 4. The van der Waals surface area contributed by atoms with Crippen molar-refractivity contribution in [2.45, 2.75) is 44.6 Å². The molecule has 1 aliphatic carbocycles. The molecule has 4 aromatic rings. The summed E-state index contributed by atoms with van der Waals surface area (Å²) in [5, 5.41) is 9.05. The van der Waals surface area contributed by atoms with Gasteiger partial charge in [-0.2, -0.15) is 5.10 Å². The van der Waals surface area contributed by atoms with Gasteiger partial charge in [-0.05, 0) is 42.7 Å². The number of benzene rings is 2. The molecule has 5 rings (SSSR count). The summed E-state index contributed by atoms with van der Waals surface area (Å²) >= 11 is 1.67. The molecular weight excluding hydrogens is 366 g/mol. The van der Waals surface area contributed by atoms with Crippen LogP contribution in [0.2, 0.25) is 0 Å². The first-order chi connectivity index (χ1) is 13.8. The number of fused-ring (bicyclic) bond motifs is 1. The van der Waals surface area contributed by atoms with E-state index < -0.39 is 0 Å². The van der Waals surface area contributed by atoms with Crippen LogP contribution in [0.5, 0.6) is 0 Å². The molecule has 0 bridgehead atoms. The number of nitrogens with one attached hydrogen (secondary N) is 1. The second kappa shape index (κ2) is 7.72. The Kier molecular flexibility index (Phi) is 4.79. The van der Waals surface area contributed by atoms with Gasteiger partial charge in [0, 0.05) is 11.6 Å². The zero-order valence-corrected chi connectivity index (χ0v) is 16.5. The van der Waals surface area contributed by atoms with Crippen molar-refractivity contribution in [3.63, 3.8) is 0 Å². The molecule has 2 aromatic carbocycles. The normalized spacial score (nSPS) is 15.1. The fourth-order valence-corrected chi connectivity index (χ4v) is 4.75. The van der Waals surface area contributed by atoms with Crippen LogP contribution in [0.25, 0.3) is 10.2 Å². The lowest BCUT2D eigenvalue weighted by Gasteiger charge is -2.18. The van der Waals surface area contributed by atoms with E-state index in [9.17, 15) is 0 Å². The van der Waals surface area contributed by atoms with Gasteiger partial charge in [0.2, 0.25) is 0 Å². The molecule has 142 valence electrons. The van der Waals surface area contributed by atoms with Crippen molar-refractivity contribution in [3.8, 4) is 0 Å². The number of thiazole rings is 1. The Morgan fingerprint density at radius 3 is 2.64 bits per heavy atom. The number of hydrogen-bond donors (Lipinski definition) is 1. The highest BCUT2D eigenvalue weighted by molar-refractivity contribution is 7.22. The standard InChI is InChI=1S/C22H23N5S/c1-2-6-17(7-3-1)21-23-15-27(26-21)14-16-10-12-18(13-11-16)24-22-25-19-8-4-5-9-20(19)28-22/h4-5,8-13,15,17H,1-3,6-7,14H2,(H,24,25). The van der Waals surface area contributed by atoms with Crippen molar-refractivity contribution in [1.82, 2.24) is 19.7 Å². The molecule has 2 heterocycles. The Hall–Kier alpha value is -2.73. The molecule has 1 aliphatic rings. The molecule has 1 saturated carbocycles. The highest BCUT2D eigenvalue weighted by atomic mass is 32.1. The SMILES string of the molecule is c1ccc2sc(Nc3ccc(Cn4cnc(C5CCCCC5)n4)cc3)nc2c1. The summed E-state index contributed by atoms with van der Waals surface area (Å²) in [7, 11) is 0. The van der Waals surface area contributed by atoms with Gasteiger partial charge in [-0.1, -0.05) is 54.9 Å². The first kappa shape index (κ1) is 17.4. The van der Waals surface area contributed by atoms with Gasteiger partial charge in [-0.15, -0.1) is 0 Å². The zero-order chi connectivity index (χ0) is 18.8. The van der Waals surface area contributed by atoms with Crippen LogP contribution in [0.3, 0.4) is 0 Å². The zero-order valence-electron chi connectivity index (χ0n) is 15.7. The fourth-order valence-electron chi connectivity index (χ4n) is 3.86. The van der Waals surface area contributed by atoms with E-state index in [1.165, 1.54) is 42.4 Å². The quantitative estimate of drug-likeness (QED) is 0.474. The predicted molar refractivity (Wildman–Crippen MR) is 114 cm³/mol. The van der Waals surface area contributed by atoms with Gasteiger partial charge in [0.25, 0.3) is 0 Å². The molecule has 0 spiro atoms. The van der Waals surface area contributed by atoms with E-state index in [4.69, 9.17) is 5.10 Å². The molecule has 0 atom stereocenters. The summed E-state index contributed by atoms with van der Waals surface area (Å²) in [5.74, 6) is 1.57. The second-order valence-electron chi connectivity index (χ2n) is 7.44. The number of rotatable bonds is 5. The van der Waals surface area contributed by atoms with Crippen molar-refractivity contribution >= 4 is 32.4 Å². The van der Waals surface area contributed by atoms with E-state index in [2.05, 4.69) is 45.6 Å². The number of hydrogen-bond acceptors (Lipinski definition) is 5. The maximum Gasteiger partial charge on any atom is 0.188 e. The second-order valence-corrected chi connectivity index (χ2v) is 8.47. The fraction of sp³-hybridized carbons (Fsp3) is 0.318. The predicted octanol–water partition coefficient (Wildman–Crippen LogP) is 5.73. The molecule has 0 saturated heterocycles. The first-order valence-corrected chi connectivity index (χ1v) is 10.8. The van der Waals surface area contributed by atoms with Crippen molar-refractivity contribution in [2.24, 2.45) is 0 Å². The molecule has 2 aromatic heterocycles. The third kappa shape index (κ3) is 3.78. The van der Waals surface area contributed by atoms with Crippen LogP contribution in [-0.2, 0) is 6.54 Å². The lowest BCUT2D eigenvalue weighted by molar-refractivity contribution is 0.426. The Morgan fingerprint density at radius 2 is 1.82 bits per heavy atom. The van der Waals surface area contributed by atoms with Gasteiger partial charge in [0.1, 0.15) is 6.33 Å². The summed E-state index contributed by atoms with van der Waals surface area (Å²) in [6.45, 7) is 0.751. The molecule has 28 heavy (non-hydrogen) atoms. The Balaban J connectivity index is 1.24. The van der Waals surface area contributed by atoms with Gasteiger partial charge < -0.3 is 5.32 Å². The lowest BCUT2D eigenvalue weighted by atomic mass is 9.89. The molecule has 1 fully saturated rings. The number of aromatic nitrogens is 4. The van der Waals surface area contributed by atoms with E-state index in [0.29, 0.717) is 5.92 Å². The first-order valence-electron chi connectivity index (χ1n) is 9.94. The monoisotopic (exact) mass is 389 g/mol. The highest BCUT2D eigenvalue weighted by Crippen LogP contribution is 2.30. The smallest absolute Gasteiger partial charge is 0.188 e. The maximum absolute atomic E-state index is 4.73. The van der Waals surface area contributed by atoms with E-state index in [1.54, 1.807) is 11.3 Å². The van der Waals surface area contributed by atoms with Crippen LogP contribution in [0.15, 0.2) is 54.9 Å². The van der Waals surface area contributed by atoms with Gasteiger partial charge in [0.05, 0.1) is 16.8 Å². The van der Waals surface area contributed by atoms with Crippen molar-refractivity contribution in [2.75, 3.05) is 5.32 Å². The van der Waals surface area contributed by atoms with E-state index in [1.807, 2.05) is 29.2 Å². The van der Waals surface area contributed by atoms with E-state index >= 15 is 0 Å². The minimum atomic E-state index is 0.551. The Labute approximate surface area is 168 Å². The molecule has 0 unspecified atom stereocenters. The molecular formula is C22H23N5S. The molecule has 5 nitrogen and oxygen atoms in total. The summed E-state index contributed by atoms with van der Waals surface area (Å²) in [6, 6.07) is 16.7. The van der Waals surface area contributed by atoms with E-state index in [-0.39, 0.29) is 0 Å².